The summed E-state index contributed by atoms with van der Waals surface area (Å²) in [7, 11) is 4.29. The van der Waals surface area contributed by atoms with Crippen LogP contribution in [0.4, 0.5) is 11.5 Å². The third kappa shape index (κ3) is 4.63. The predicted molar refractivity (Wildman–Crippen MR) is 147 cm³/mol. The molecule has 9 nitrogen and oxygen atoms in total. The molecule has 190 valence electrons. The van der Waals surface area contributed by atoms with E-state index in [2.05, 4.69) is 62.3 Å². The summed E-state index contributed by atoms with van der Waals surface area (Å²) in [6, 6.07) is 9.85. The summed E-state index contributed by atoms with van der Waals surface area (Å²) in [5, 5.41) is 8.85. The number of pyridine rings is 1. The van der Waals surface area contributed by atoms with Crippen molar-refractivity contribution >= 4 is 38.7 Å². The molecule has 10 heteroatoms. The van der Waals surface area contributed by atoms with Gasteiger partial charge in [0.25, 0.3) is 0 Å². The summed E-state index contributed by atoms with van der Waals surface area (Å²) in [6.45, 7) is 6.40. The van der Waals surface area contributed by atoms with Gasteiger partial charge < -0.3 is 10.1 Å². The Morgan fingerprint density at radius 1 is 1.05 bits per heavy atom. The first-order chi connectivity index (χ1) is 18.0. The van der Waals surface area contributed by atoms with Crippen molar-refractivity contribution in [2.75, 3.05) is 32.5 Å². The predicted octanol–water partition coefficient (Wildman–Crippen LogP) is 4.89. The van der Waals surface area contributed by atoms with Crippen molar-refractivity contribution in [1.29, 1.82) is 0 Å². The van der Waals surface area contributed by atoms with Crippen molar-refractivity contribution in [3.8, 4) is 11.5 Å². The molecule has 1 N–H and O–H groups in total. The zero-order valence-corrected chi connectivity index (χ0v) is 22.3. The lowest BCUT2D eigenvalue weighted by atomic mass is 10.1. The van der Waals surface area contributed by atoms with E-state index in [1.165, 1.54) is 16.8 Å². The molecule has 1 aliphatic rings. The third-order valence-corrected chi connectivity index (χ3v) is 8.34. The Kier molecular flexibility index (Phi) is 6.23. The molecular weight excluding hydrogens is 484 g/mol. The van der Waals surface area contributed by atoms with Gasteiger partial charge in [-0.05, 0) is 76.2 Å². The largest absolute Gasteiger partial charge is 0.457 e. The maximum Gasteiger partial charge on any atom is 0.158 e. The summed E-state index contributed by atoms with van der Waals surface area (Å²) in [4.78, 5) is 20.8. The molecule has 0 spiro atoms. The monoisotopic (exact) mass is 514 g/mol. The maximum absolute atomic E-state index is 6.14. The molecule has 0 saturated heterocycles. The van der Waals surface area contributed by atoms with E-state index in [0.29, 0.717) is 6.17 Å². The van der Waals surface area contributed by atoms with Crippen LogP contribution < -0.4 is 10.1 Å². The number of hydrogen-bond acceptors (Lipinski definition) is 9. The van der Waals surface area contributed by atoms with Crippen LogP contribution in [0.3, 0.4) is 0 Å². The lowest BCUT2D eigenvalue weighted by Crippen LogP contribution is -2.44. The van der Waals surface area contributed by atoms with Crippen LogP contribution >= 0.6 is 11.3 Å². The van der Waals surface area contributed by atoms with E-state index in [4.69, 9.17) is 4.74 Å². The van der Waals surface area contributed by atoms with E-state index in [1.54, 1.807) is 22.2 Å². The minimum atomic E-state index is 0.413. The number of nitrogens with one attached hydrogen (secondary N) is 1. The number of benzene rings is 1. The molecule has 4 aromatic heterocycles. The molecule has 37 heavy (non-hydrogen) atoms. The summed E-state index contributed by atoms with van der Waals surface area (Å²) >= 11 is 1.81. The smallest absolute Gasteiger partial charge is 0.158 e. The minimum Gasteiger partial charge on any atom is -0.457 e. The second-order valence-corrected chi connectivity index (χ2v) is 10.8. The van der Waals surface area contributed by atoms with E-state index in [-0.39, 0.29) is 0 Å². The molecule has 5 aromatic rings. The highest BCUT2D eigenvalue weighted by Gasteiger charge is 2.24. The highest BCUT2D eigenvalue weighted by atomic mass is 32.1. The molecule has 1 aromatic carbocycles. The van der Waals surface area contributed by atoms with E-state index in [1.807, 2.05) is 37.4 Å². The Morgan fingerprint density at radius 2 is 1.92 bits per heavy atom. The Balaban J connectivity index is 1.24. The molecule has 0 amide bonds. The van der Waals surface area contributed by atoms with Crippen molar-refractivity contribution < 1.29 is 4.74 Å². The van der Waals surface area contributed by atoms with Gasteiger partial charge in [-0.15, -0.1) is 11.3 Å². The van der Waals surface area contributed by atoms with E-state index in [0.717, 1.165) is 70.4 Å². The molecule has 1 aliphatic heterocycles. The molecule has 1 unspecified atom stereocenters. The van der Waals surface area contributed by atoms with Gasteiger partial charge in [0.1, 0.15) is 34.8 Å². The molecule has 0 bridgehead atoms. The SMILES string of the molecule is Cc1cc(Nc2ncnc3sc4c(c23)CCN(C(C)N(C)C)CC4)ccc1Oc1ccn2ncnc2c1. The van der Waals surface area contributed by atoms with Crippen LogP contribution in [0.1, 0.15) is 22.9 Å². The van der Waals surface area contributed by atoms with E-state index >= 15 is 0 Å². The topological polar surface area (TPSA) is 83.7 Å². The van der Waals surface area contributed by atoms with Gasteiger partial charge >= 0.3 is 0 Å². The second-order valence-electron chi connectivity index (χ2n) is 9.67. The highest BCUT2D eigenvalue weighted by molar-refractivity contribution is 7.19. The average molecular weight is 515 g/mol. The second kappa shape index (κ2) is 9.70. The van der Waals surface area contributed by atoms with Crippen LogP contribution in [-0.4, -0.2) is 67.7 Å². The van der Waals surface area contributed by atoms with Crippen LogP contribution in [0, 0.1) is 6.92 Å². The summed E-state index contributed by atoms with van der Waals surface area (Å²) in [5.74, 6) is 2.38. The molecular formula is C27H30N8OS. The number of rotatable bonds is 6. The number of nitrogens with zero attached hydrogens (tertiary/aromatic N) is 7. The van der Waals surface area contributed by atoms with Gasteiger partial charge in [-0.3, -0.25) is 9.80 Å². The number of hydrogen-bond donors (Lipinski definition) is 1. The van der Waals surface area contributed by atoms with Gasteiger partial charge in [0.2, 0.25) is 0 Å². The zero-order valence-electron chi connectivity index (χ0n) is 21.5. The molecule has 0 aliphatic carbocycles. The zero-order chi connectivity index (χ0) is 25.5. The quantitative estimate of drug-likeness (QED) is 0.343. The molecule has 0 fully saturated rings. The molecule has 0 radical (unpaired) electrons. The van der Waals surface area contributed by atoms with Crippen molar-refractivity contribution in [3.63, 3.8) is 0 Å². The van der Waals surface area contributed by atoms with Crippen molar-refractivity contribution in [2.45, 2.75) is 32.9 Å². The van der Waals surface area contributed by atoms with Crippen LogP contribution in [-0.2, 0) is 12.8 Å². The summed E-state index contributed by atoms with van der Waals surface area (Å²) in [5.41, 5.74) is 4.12. The van der Waals surface area contributed by atoms with Crippen LogP contribution in [0.25, 0.3) is 15.9 Å². The molecule has 1 atom stereocenters. The number of ether oxygens (including phenoxy) is 1. The summed E-state index contributed by atoms with van der Waals surface area (Å²) < 4.78 is 7.85. The molecule has 5 heterocycles. The Labute approximate surface area is 219 Å². The average Bonchev–Trinajstić information content (AvgIpc) is 3.44. The Bertz CT molecular complexity index is 1580. The number of aromatic nitrogens is 5. The van der Waals surface area contributed by atoms with Crippen LogP contribution in [0.2, 0.25) is 0 Å². The van der Waals surface area contributed by atoms with E-state index < -0.39 is 0 Å². The van der Waals surface area contributed by atoms with Gasteiger partial charge in [-0.1, -0.05) is 0 Å². The van der Waals surface area contributed by atoms with Crippen molar-refractivity contribution in [1.82, 2.24) is 34.4 Å². The lowest BCUT2D eigenvalue weighted by molar-refractivity contribution is 0.0983. The van der Waals surface area contributed by atoms with Crippen LogP contribution in [0.15, 0.2) is 49.2 Å². The van der Waals surface area contributed by atoms with Gasteiger partial charge in [0.05, 0.1) is 11.6 Å². The molecule has 0 saturated carbocycles. The normalized spacial score (nSPS) is 15.2. The fourth-order valence-corrected chi connectivity index (χ4v) is 6.05. The van der Waals surface area contributed by atoms with Crippen molar-refractivity contribution in [2.24, 2.45) is 0 Å². The van der Waals surface area contributed by atoms with Gasteiger partial charge in [-0.25, -0.2) is 19.5 Å². The highest BCUT2D eigenvalue weighted by Crippen LogP contribution is 2.38. The fraction of sp³-hybridized carbons (Fsp3) is 0.333. The first kappa shape index (κ1) is 23.8. The van der Waals surface area contributed by atoms with Crippen LogP contribution in [0.5, 0.6) is 11.5 Å². The summed E-state index contributed by atoms with van der Waals surface area (Å²) in [6.07, 6.45) is 7.48. The van der Waals surface area contributed by atoms with Crippen molar-refractivity contribution in [3.05, 3.63) is 65.2 Å². The molecule has 6 rings (SSSR count). The number of thiophene rings is 1. The number of aryl methyl sites for hydroxylation is 1. The van der Waals surface area contributed by atoms with Gasteiger partial charge in [-0.2, -0.15) is 5.10 Å². The lowest BCUT2D eigenvalue weighted by Gasteiger charge is -2.32. The first-order valence-electron chi connectivity index (χ1n) is 12.5. The van der Waals surface area contributed by atoms with Gasteiger partial charge in [0.15, 0.2) is 5.65 Å². The van der Waals surface area contributed by atoms with Gasteiger partial charge in [0, 0.05) is 35.9 Å². The standard InChI is InChI=1S/C27H30N8OS/c1-17-13-19(5-6-22(17)36-20-7-12-35-24(14-20)28-16-31-35)32-26-25-21-8-10-34(18(2)33(3)4)11-9-23(21)37-27(25)30-15-29-26/h5-7,12-16,18H,8-11H2,1-4H3,(H,29,30,32). The number of fused-ring (bicyclic) bond motifs is 4. The number of anilines is 2. The van der Waals surface area contributed by atoms with E-state index in [9.17, 15) is 0 Å². The fourth-order valence-electron chi connectivity index (χ4n) is 4.88. The third-order valence-electron chi connectivity index (χ3n) is 7.14. The first-order valence-corrected chi connectivity index (χ1v) is 13.3. The minimum absolute atomic E-state index is 0.413. The maximum atomic E-state index is 6.14. The Hall–Kier alpha value is -3.60. The Morgan fingerprint density at radius 3 is 2.76 bits per heavy atom.